The van der Waals surface area contributed by atoms with Gasteiger partial charge < -0.3 is 10.6 Å². The van der Waals surface area contributed by atoms with Crippen LogP contribution < -0.4 is 10.6 Å². The number of hydrogen-bond donors (Lipinski definition) is 2. The molecule has 0 aliphatic heterocycles. The summed E-state index contributed by atoms with van der Waals surface area (Å²) in [6, 6.07) is 10.9. The second-order valence-corrected chi connectivity index (χ2v) is 5.95. The number of pyridine rings is 1. The van der Waals surface area contributed by atoms with Crippen molar-refractivity contribution in [3.8, 4) is 0 Å². The van der Waals surface area contributed by atoms with Gasteiger partial charge in [0.25, 0.3) is 11.8 Å². The lowest BCUT2D eigenvalue weighted by molar-refractivity contribution is 0.0948. The van der Waals surface area contributed by atoms with Crippen molar-refractivity contribution >= 4 is 23.0 Å². The molecule has 2 aromatic heterocycles. The van der Waals surface area contributed by atoms with Crippen LogP contribution in [0.2, 0.25) is 0 Å². The van der Waals surface area contributed by atoms with E-state index in [0.717, 1.165) is 12.8 Å². The van der Waals surface area contributed by atoms with E-state index in [2.05, 4.69) is 15.6 Å². The summed E-state index contributed by atoms with van der Waals surface area (Å²) >= 11 is 0. The van der Waals surface area contributed by atoms with Crippen molar-refractivity contribution in [2.45, 2.75) is 18.9 Å². The summed E-state index contributed by atoms with van der Waals surface area (Å²) in [7, 11) is 0. The third-order valence-electron chi connectivity index (χ3n) is 3.98. The molecule has 1 aliphatic carbocycles. The molecule has 4 rings (SSSR count). The van der Waals surface area contributed by atoms with Crippen LogP contribution in [0.15, 0.2) is 48.7 Å². The number of nitrogens with one attached hydrogen (secondary N) is 2. The molecule has 2 N–H and O–H groups in total. The number of anilines is 1. The van der Waals surface area contributed by atoms with Crippen molar-refractivity contribution in [1.29, 1.82) is 0 Å². The van der Waals surface area contributed by atoms with Gasteiger partial charge in [-0.1, -0.05) is 6.07 Å². The summed E-state index contributed by atoms with van der Waals surface area (Å²) in [6.07, 6.45) is 3.61. The highest BCUT2D eigenvalue weighted by Crippen LogP contribution is 2.21. The number of amides is 2. The first-order valence-electron chi connectivity index (χ1n) is 7.97. The quantitative estimate of drug-likeness (QED) is 0.768. The topological polar surface area (TPSA) is 75.5 Å². The summed E-state index contributed by atoms with van der Waals surface area (Å²) in [5, 5.41) is 5.54. The molecular formula is C18H15FN4O2. The van der Waals surface area contributed by atoms with E-state index in [0.29, 0.717) is 11.2 Å². The maximum absolute atomic E-state index is 13.0. The first-order chi connectivity index (χ1) is 12.1. The second kappa shape index (κ2) is 6.01. The molecule has 2 amide bonds. The lowest BCUT2D eigenvalue weighted by atomic mass is 10.3. The summed E-state index contributed by atoms with van der Waals surface area (Å²) in [4.78, 5) is 29.2. The first kappa shape index (κ1) is 15.3. The van der Waals surface area contributed by atoms with Gasteiger partial charge in [0.05, 0.1) is 5.52 Å². The standard InChI is InChI=1S/C18H15FN4O2/c19-11-4-6-12(7-5-11)21-18(25)16-22-15(17(24)20-13-8-9-13)14-3-1-2-10-23(14)16/h1-7,10,13H,8-9H2,(H,20,24)(H,21,25). The molecule has 0 radical (unpaired) electrons. The minimum atomic E-state index is -0.474. The number of carbonyl (C=O) groups excluding carboxylic acids is 2. The average Bonchev–Trinajstić information content (AvgIpc) is 3.33. The fourth-order valence-corrected chi connectivity index (χ4v) is 2.57. The van der Waals surface area contributed by atoms with Crippen molar-refractivity contribution in [2.75, 3.05) is 5.32 Å². The Morgan fingerprint density at radius 2 is 1.84 bits per heavy atom. The van der Waals surface area contributed by atoms with Gasteiger partial charge in [0.15, 0.2) is 5.69 Å². The van der Waals surface area contributed by atoms with Crippen LogP contribution in [0.5, 0.6) is 0 Å². The molecule has 1 aliphatic rings. The van der Waals surface area contributed by atoms with Crippen LogP contribution in [-0.4, -0.2) is 27.2 Å². The summed E-state index contributed by atoms with van der Waals surface area (Å²) in [5.41, 5.74) is 1.23. The van der Waals surface area contributed by atoms with E-state index < -0.39 is 5.91 Å². The van der Waals surface area contributed by atoms with E-state index in [-0.39, 0.29) is 29.3 Å². The summed E-state index contributed by atoms with van der Waals surface area (Å²) in [6.45, 7) is 0. The van der Waals surface area contributed by atoms with Crippen LogP contribution in [0.3, 0.4) is 0 Å². The van der Waals surface area contributed by atoms with E-state index >= 15 is 0 Å². The third kappa shape index (κ3) is 3.08. The lowest BCUT2D eigenvalue weighted by Crippen LogP contribution is -2.26. The van der Waals surface area contributed by atoms with Crippen LogP contribution in [0.25, 0.3) is 5.52 Å². The smallest absolute Gasteiger partial charge is 0.292 e. The number of imidazole rings is 1. The third-order valence-corrected chi connectivity index (χ3v) is 3.98. The second-order valence-electron chi connectivity index (χ2n) is 5.95. The van der Waals surface area contributed by atoms with Gasteiger partial charge in [0.1, 0.15) is 5.82 Å². The Labute approximate surface area is 142 Å². The zero-order valence-corrected chi connectivity index (χ0v) is 13.2. The van der Waals surface area contributed by atoms with Crippen LogP contribution in [0.1, 0.15) is 33.9 Å². The minimum Gasteiger partial charge on any atom is -0.348 e. The van der Waals surface area contributed by atoms with Gasteiger partial charge in [-0.3, -0.25) is 14.0 Å². The van der Waals surface area contributed by atoms with Crippen LogP contribution in [0, 0.1) is 5.82 Å². The number of aromatic nitrogens is 2. The van der Waals surface area contributed by atoms with Gasteiger partial charge in [0, 0.05) is 17.9 Å². The average molecular weight is 338 g/mol. The molecule has 1 fully saturated rings. The molecule has 0 spiro atoms. The number of halogens is 1. The Bertz CT molecular complexity index is 961. The molecule has 7 heteroatoms. The molecule has 3 aromatic rings. The van der Waals surface area contributed by atoms with E-state index in [1.165, 1.54) is 24.3 Å². The highest BCUT2D eigenvalue weighted by Gasteiger charge is 2.27. The molecule has 0 saturated heterocycles. The van der Waals surface area contributed by atoms with Crippen LogP contribution >= 0.6 is 0 Å². The van der Waals surface area contributed by atoms with Crippen LogP contribution in [0.4, 0.5) is 10.1 Å². The van der Waals surface area contributed by atoms with Gasteiger partial charge in [-0.2, -0.15) is 0 Å². The molecule has 0 unspecified atom stereocenters. The van der Waals surface area contributed by atoms with Crippen LogP contribution in [-0.2, 0) is 0 Å². The minimum absolute atomic E-state index is 0.0980. The SMILES string of the molecule is O=C(NC1CC1)c1nc(C(=O)Nc2ccc(F)cc2)n2ccccc12. The fourth-order valence-electron chi connectivity index (χ4n) is 2.57. The van der Waals surface area contributed by atoms with E-state index in [9.17, 15) is 14.0 Å². The number of hydrogen-bond acceptors (Lipinski definition) is 3. The zero-order chi connectivity index (χ0) is 17.4. The Morgan fingerprint density at radius 3 is 2.56 bits per heavy atom. The Balaban J connectivity index is 1.67. The number of fused-ring (bicyclic) bond motifs is 1. The zero-order valence-electron chi connectivity index (χ0n) is 13.2. The first-order valence-corrected chi connectivity index (χ1v) is 7.97. The molecule has 1 aromatic carbocycles. The molecule has 2 heterocycles. The molecule has 0 atom stereocenters. The number of benzene rings is 1. The maximum atomic E-state index is 13.0. The van der Waals surface area contributed by atoms with Gasteiger partial charge >= 0.3 is 0 Å². The van der Waals surface area contributed by atoms with Gasteiger partial charge in [-0.05, 0) is 49.2 Å². The normalized spacial score (nSPS) is 13.6. The van der Waals surface area contributed by atoms with Gasteiger partial charge in [-0.25, -0.2) is 9.37 Å². The van der Waals surface area contributed by atoms with E-state index in [1.807, 2.05) is 0 Å². The Hall–Kier alpha value is -3.22. The van der Waals surface area contributed by atoms with E-state index in [1.54, 1.807) is 28.8 Å². The molecule has 126 valence electrons. The van der Waals surface area contributed by atoms with Crippen molar-refractivity contribution in [3.63, 3.8) is 0 Å². The van der Waals surface area contributed by atoms with Crippen molar-refractivity contribution < 1.29 is 14.0 Å². The Kier molecular flexibility index (Phi) is 3.68. The van der Waals surface area contributed by atoms with Crippen molar-refractivity contribution in [1.82, 2.24) is 14.7 Å². The Morgan fingerprint density at radius 1 is 1.08 bits per heavy atom. The van der Waals surface area contributed by atoms with Gasteiger partial charge in [0.2, 0.25) is 5.82 Å². The molecule has 0 bridgehead atoms. The summed E-state index contributed by atoms with van der Waals surface area (Å²) < 4.78 is 14.6. The van der Waals surface area contributed by atoms with Crippen molar-refractivity contribution in [2.24, 2.45) is 0 Å². The number of carbonyl (C=O) groups is 2. The predicted molar refractivity (Wildman–Crippen MR) is 90.0 cm³/mol. The largest absolute Gasteiger partial charge is 0.348 e. The fraction of sp³-hybridized carbons (Fsp3) is 0.167. The lowest BCUT2D eigenvalue weighted by Gasteiger charge is -2.04. The molecular weight excluding hydrogens is 323 g/mol. The highest BCUT2D eigenvalue weighted by atomic mass is 19.1. The highest BCUT2D eigenvalue weighted by molar-refractivity contribution is 6.06. The molecule has 6 nitrogen and oxygen atoms in total. The van der Waals surface area contributed by atoms with E-state index in [4.69, 9.17) is 0 Å². The van der Waals surface area contributed by atoms with Gasteiger partial charge in [-0.15, -0.1) is 0 Å². The molecule has 1 saturated carbocycles. The maximum Gasteiger partial charge on any atom is 0.292 e. The number of rotatable bonds is 4. The van der Waals surface area contributed by atoms with Crippen molar-refractivity contribution in [3.05, 3.63) is 66.0 Å². The predicted octanol–water partition coefficient (Wildman–Crippen LogP) is 2.62. The number of nitrogens with zero attached hydrogens (tertiary/aromatic N) is 2. The molecule has 25 heavy (non-hydrogen) atoms. The monoisotopic (exact) mass is 338 g/mol. The summed E-state index contributed by atoms with van der Waals surface area (Å²) in [5.74, 6) is -1.05.